The van der Waals surface area contributed by atoms with Crippen molar-refractivity contribution in [2.75, 3.05) is 12.4 Å². The number of methoxy groups -OCH3 is 1. The molecule has 0 aliphatic heterocycles. The lowest BCUT2D eigenvalue weighted by atomic mass is 10.0. The molecule has 0 aliphatic carbocycles. The van der Waals surface area contributed by atoms with Crippen molar-refractivity contribution in [3.8, 4) is 11.3 Å². The van der Waals surface area contributed by atoms with Gasteiger partial charge in [-0.3, -0.25) is 0 Å². The highest BCUT2D eigenvalue weighted by Crippen LogP contribution is 2.31. The van der Waals surface area contributed by atoms with E-state index in [1.165, 1.54) is 7.11 Å². The Morgan fingerprint density at radius 3 is 2.39 bits per heavy atom. The molecule has 1 aromatic heterocycles. The second-order valence-corrected chi connectivity index (χ2v) is 7.06. The molecule has 0 saturated heterocycles. The molecule has 0 amide bonds. The van der Waals surface area contributed by atoms with Crippen LogP contribution in [0, 0.1) is 0 Å². The van der Waals surface area contributed by atoms with Crippen molar-refractivity contribution in [3.63, 3.8) is 0 Å². The summed E-state index contributed by atoms with van der Waals surface area (Å²) in [6.07, 6.45) is 0. The lowest BCUT2D eigenvalue weighted by molar-refractivity contribution is 0.0601. The molecule has 0 saturated carbocycles. The zero-order valence-corrected chi connectivity index (χ0v) is 16.6. The third kappa shape index (κ3) is 3.59. The molecule has 3 aromatic carbocycles. The number of ether oxygens (including phenoxy) is 1. The third-order valence-corrected chi connectivity index (χ3v) is 4.85. The van der Waals surface area contributed by atoms with Crippen LogP contribution >= 0.6 is 15.9 Å². The molecule has 4 aromatic rings. The summed E-state index contributed by atoms with van der Waals surface area (Å²) in [5, 5.41) is 14.1. The molecular formula is C22H16BrN3O2. The summed E-state index contributed by atoms with van der Waals surface area (Å²) >= 11 is 3.48. The van der Waals surface area contributed by atoms with Gasteiger partial charge in [0, 0.05) is 26.5 Å². The van der Waals surface area contributed by atoms with Crippen molar-refractivity contribution in [1.29, 1.82) is 0 Å². The van der Waals surface area contributed by atoms with E-state index >= 15 is 0 Å². The van der Waals surface area contributed by atoms with Gasteiger partial charge in [-0.15, -0.1) is 10.2 Å². The van der Waals surface area contributed by atoms with Crippen LogP contribution in [0.4, 0.5) is 11.5 Å². The maximum absolute atomic E-state index is 11.7. The second-order valence-electron chi connectivity index (χ2n) is 6.15. The maximum atomic E-state index is 11.7. The number of nitrogens with one attached hydrogen (secondary N) is 1. The minimum Gasteiger partial charge on any atom is -0.465 e. The van der Waals surface area contributed by atoms with E-state index in [9.17, 15) is 4.79 Å². The minimum absolute atomic E-state index is 0.365. The molecule has 138 valence electrons. The maximum Gasteiger partial charge on any atom is 0.337 e. The Hall–Kier alpha value is -3.25. The Morgan fingerprint density at radius 2 is 1.68 bits per heavy atom. The normalized spacial score (nSPS) is 10.6. The predicted molar refractivity (Wildman–Crippen MR) is 114 cm³/mol. The summed E-state index contributed by atoms with van der Waals surface area (Å²) in [5.41, 5.74) is 3.05. The van der Waals surface area contributed by atoms with Crippen molar-refractivity contribution in [1.82, 2.24) is 10.2 Å². The number of fused-ring (bicyclic) bond motifs is 1. The number of carbonyl (C=O) groups is 1. The number of hydrogen-bond acceptors (Lipinski definition) is 5. The number of esters is 1. The number of aromatic nitrogens is 2. The molecule has 0 bridgehead atoms. The molecule has 6 heteroatoms. The number of rotatable bonds is 4. The summed E-state index contributed by atoms with van der Waals surface area (Å²) in [4.78, 5) is 11.7. The minimum atomic E-state index is -0.365. The van der Waals surface area contributed by atoms with Crippen molar-refractivity contribution < 1.29 is 9.53 Å². The van der Waals surface area contributed by atoms with E-state index in [2.05, 4.69) is 31.4 Å². The zero-order chi connectivity index (χ0) is 19.5. The van der Waals surface area contributed by atoms with Gasteiger partial charge in [-0.1, -0.05) is 58.4 Å². The summed E-state index contributed by atoms with van der Waals surface area (Å²) in [6.45, 7) is 0. The van der Waals surface area contributed by atoms with E-state index in [4.69, 9.17) is 4.74 Å². The van der Waals surface area contributed by atoms with E-state index in [0.29, 0.717) is 11.4 Å². The monoisotopic (exact) mass is 433 g/mol. The molecule has 0 fully saturated rings. The van der Waals surface area contributed by atoms with Gasteiger partial charge in [0.05, 0.1) is 12.7 Å². The fourth-order valence-electron chi connectivity index (χ4n) is 2.99. The van der Waals surface area contributed by atoms with Gasteiger partial charge in [0.15, 0.2) is 5.82 Å². The fraction of sp³-hybridized carbons (Fsp3) is 0.0455. The van der Waals surface area contributed by atoms with Crippen LogP contribution in [0.3, 0.4) is 0 Å². The number of nitrogens with zero attached hydrogens (tertiary/aromatic N) is 2. The lowest BCUT2D eigenvalue weighted by Crippen LogP contribution is -2.01. The zero-order valence-electron chi connectivity index (χ0n) is 15.0. The lowest BCUT2D eigenvalue weighted by Gasteiger charge is -2.11. The second kappa shape index (κ2) is 7.78. The molecule has 0 spiro atoms. The molecule has 4 rings (SSSR count). The van der Waals surface area contributed by atoms with Gasteiger partial charge >= 0.3 is 5.97 Å². The Kier molecular flexibility index (Phi) is 5.04. The fourth-order valence-corrected chi connectivity index (χ4v) is 3.39. The topological polar surface area (TPSA) is 64.1 Å². The van der Waals surface area contributed by atoms with Gasteiger partial charge in [-0.2, -0.15) is 0 Å². The van der Waals surface area contributed by atoms with E-state index in [-0.39, 0.29) is 5.97 Å². The predicted octanol–water partition coefficient (Wildman–Crippen LogP) is 5.59. The largest absolute Gasteiger partial charge is 0.465 e. The molecule has 0 radical (unpaired) electrons. The molecule has 0 atom stereocenters. The first-order valence-electron chi connectivity index (χ1n) is 8.62. The quantitative estimate of drug-likeness (QED) is 0.425. The summed E-state index contributed by atoms with van der Waals surface area (Å²) in [6, 6.07) is 23.0. The van der Waals surface area contributed by atoms with E-state index in [1.54, 1.807) is 12.1 Å². The molecule has 1 N–H and O–H groups in total. The van der Waals surface area contributed by atoms with E-state index in [1.807, 2.05) is 60.7 Å². The Morgan fingerprint density at radius 1 is 0.929 bits per heavy atom. The van der Waals surface area contributed by atoms with Crippen LogP contribution < -0.4 is 5.32 Å². The highest BCUT2D eigenvalue weighted by Gasteiger charge is 2.12. The van der Waals surface area contributed by atoms with Crippen molar-refractivity contribution in [2.24, 2.45) is 0 Å². The highest BCUT2D eigenvalue weighted by molar-refractivity contribution is 9.10. The molecule has 5 nitrogen and oxygen atoms in total. The van der Waals surface area contributed by atoms with Crippen molar-refractivity contribution >= 4 is 44.2 Å². The van der Waals surface area contributed by atoms with Gasteiger partial charge in [-0.25, -0.2) is 4.79 Å². The Bertz CT molecular complexity index is 1160. The molecule has 0 aliphatic rings. The molecule has 0 unspecified atom stereocenters. The van der Waals surface area contributed by atoms with Crippen LogP contribution in [0.2, 0.25) is 0 Å². The molecule has 1 heterocycles. The average Bonchev–Trinajstić information content (AvgIpc) is 2.74. The summed E-state index contributed by atoms with van der Waals surface area (Å²) in [7, 11) is 1.37. The van der Waals surface area contributed by atoms with Gasteiger partial charge in [-0.05, 0) is 30.3 Å². The number of halogens is 1. The standard InChI is InChI=1S/C22H16BrN3O2/c1-28-22(27)15-11-9-14(10-12-15)20-18-7-2-3-8-19(18)21(26-25-20)24-17-6-4-5-16(23)13-17/h2-13H,1H3,(H,24,26). The number of hydrogen-bond donors (Lipinski definition) is 1. The van der Waals surface area contributed by atoms with E-state index < -0.39 is 0 Å². The smallest absolute Gasteiger partial charge is 0.337 e. The van der Waals surface area contributed by atoms with Crippen molar-refractivity contribution in [3.05, 3.63) is 82.8 Å². The highest BCUT2D eigenvalue weighted by atomic mass is 79.9. The number of carbonyl (C=O) groups excluding carboxylic acids is 1. The first-order chi connectivity index (χ1) is 13.7. The van der Waals surface area contributed by atoms with E-state index in [0.717, 1.165) is 32.2 Å². The SMILES string of the molecule is COC(=O)c1ccc(-c2nnc(Nc3cccc(Br)c3)c3ccccc23)cc1. The van der Waals surface area contributed by atoms with Gasteiger partial charge in [0.1, 0.15) is 5.69 Å². The van der Waals surface area contributed by atoms with Crippen LogP contribution in [0.1, 0.15) is 10.4 Å². The first-order valence-corrected chi connectivity index (χ1v) is 9.42. The molecular weight excluding hydrogens is 418 g/mol. The van der Waals surface area contributed by atoms with Crippen LogP contribution in [0.15, 0.2) is 77.3 Å². The Labute approximate surface area is 170 Å². The first kappa shape index (κ1) is 18.1. The van der Waals surface area contributed by atoms with Crippen molar-refractivity contribution in [2.45, 2.75) is 0 Å². The Balaban J connectivity index is 1.76. The van der Waals surface area contributed by atoms with Gasteiger partial charge in [0.2, 0.25) is 0 Å². The molecule has 28 heavy (non-hydrogen) atoms. The van der Waals surface area contributed by atoms with Crippen LogP contribution in [-0.4, -0.2) is 23.3 Å². The van der Waals surface area contributed by atoms with Crippen LogP contribution in [-0.2, 0) is 4.74 Å². The van der Waals surface area contributed by atoms with Crippen LogP contribution in [0.5, 0.6) is 0 Å². The number of benzene rings is 3. The number of anilines is 2. The summed E-state index contributed by atoms with van der Waals surface area (Å²) in [5.74, 6) is 0.319. The van der Waals surface area contributed by atoms with Gasteiger partial charge < -0.3 is 10.1 Å². The average molecular weight is 434 g/mol. The van der Waals surface area contributed by atoms with Crippen LogP contribution in [0.25, 0.3) is 22.0 Å². The van der Waals surface area contributed by atoms with Gasteiger partial charge in [0.25, 0.3) is 0 Å². The third-order valence-electron chi connectivity index (χ3n) is 4.35. The summed E-state index contributed by atoms with van der Waals surface area (Å²) < 4.78 is 5.74.